The molecule has 1 aromatic heterocycles. The first kappa shape index (κ1) is 18.0. The van der Waals surface area contributed by atoms with E-state index in [1.165, 1.54) is 12.1 Å². The number of hydrogen-bond donors (Lipinski definition) is 2. The lowest BCUT2D eigenvalue weighted by Crippen LogP contribution is -2.25. The molecule has 3 rings (SSSR count). The fraction of sp³-hybridized carbons (Fsp3) is 0.211. The summed E-state index contributed by atoms with van der Waals surface area (Å²) >= 11 is 0. The maximum absolute atomic E-state index is 13.5. The van der Waals surface area contributed by atoms with Crippen molar-refractivity contribution in [1.29, 1.82) is 0 Å². The SMILES string of the molecule is Cc1[nH]c2ccc(F)cc2c1CCNC(=O)c1ccc(C(F)(F)F)cc1. The standard InChI is InChI=1S/C19H16F4N2O/c1-11-15(16-10-14(20)6-7-17(16)25-11)8-9-24-18(26)12-2-4-13(5-3-12)19(21,22)23/h2-7,10,25H,8-9H2,1H3,(H,24,26). The highest BCUT2D eigenvalue weighted by molar-refractivity contribution is 5.94. The minimum Gasteiger partial charge on any atom is -0.358 e. The van der Waals surface area contributed by atoms with Gasteiger partial charge in [-0.2, -0.15) is 13.2 Å². The molecule has 0 aliphatic heterocycles. The Morgan fingerprint density at radius 2 is 1.81 bits per heavy atom. The Labute approximate surface area is 147 Å². The second-order valence-electron chi connectivity index (χ2n) is 6.00. The van der Waals surface area contributed by atoms with E-state index >= 15 is 0 Å². The molecule has 3 nitrogen and oxygen atoms in total. The van der Waals surface area contributed by atoms with Crippen LogP contribution in [0.1, 0.15) is 27.2 Å². The normalized spacial score (nSPS) is 11.7. The molecule has 0 saturated carbocycles. The van der Waals surface area contributed by atoms with Crippen LogP contribution < -0.4 is 5.32 Å². The van der Waals surface area contributed by atoms with Gasteiger partial charge in [-0.3, -0.25) is 4.79 Å². The van der Waals surface area contributed by atoms with Crippen LogP contribution in [0.3, 0.4) is 0 Å². The Morgan fingerprint density at radius 3 is 2.46 bits per heavy atom. The molecule has 2 aromatic carbocycles. The predicted octanol–water partition coefficient (Wildman–Crippen LogP) is 4.61. The highest BCUT2D eigenvalue weighted by atomic mass is 19.4. The number of alkyl halides is 3. The first-order valence-corrected chi connectivity index (χ1v) is 7.98. The lowest BCUT2D eigenvalue weighted by molar-refractivity contribution is -0.137. The van der Waals surface area contributed by atoms with E-state index in [9.17, 15) is 22.4 Å². The summed E-state index contributed by atoms with van der Waals surface area (Å²) in [5.74, 6) is -0.797. The topological polar surface area (TPSA) is 44.9 Å². The third-order valence-corrected chi connectivity index (χ3v) is 4.22. The largest absolute Gasteiger partial charge is 0.416 e. The van der Waals surface area contributed by atoms with Gasteiger partial charge in [0.2, 0.25) is 0 Å². The zero-order valence-corrected chi connectivity index (χ0v) is 13.9. The molecular weight excluding hydrogens is 348 g/mol. The molecule has 0 radical (unpaired) electrons. The van der Waals surface area contributed by atoms with E-state index in [0.717, 1.165) is 46.4 Å². The summed E-state index contributed by atoms with van der Waals surface area (Å²) in [6.45, 7) is 2.15. The first-order valence-electron chi connectivity index (χ1n) is 7.98. The van der Waals surface area contributed by atoms with Crippen molar-refractivity contribution in [1.82, 2.24) is 10.3 Å². The van der Waals surface area contributed by atoms with E-state index in [1.54, 1.807) is 6.07 Å². The van der Waals surface area contributed by atoms with Gasteiger partial charge in [0.15, 0.2) is 0 Å². The monoisotopic (exact) mass is 364 g/mol. The molecule has 26 heavy (non-hydrogen) atoms. The van der Waals surface area contributed by atoms with Gasteiger partial charge in [-0.05, 0) is 61.4 Å². The van der Waals surface area contributed by atoms with Crippen LogP contribution in [0.4, 0.5) is 17.6 Å². The Hall–Kier alpha value is -2.83. The Balaban J connectivity index is 1.66. The second-order valence-corrected chi connectivity index (χ2v) is 6.00. The molecule has 7 heteroatoms. The van der Waals surface area contributed by atoms with Crippen molar-refractivity contribution in [2.24, 2.45) is 0 Å². The molecule has 0 saturated heterocycles. The van der Waals surface area contributed by atoms with Gasteiger partial charge in [0, 0.05) is 28.7 Å². The Bertz CT molecular complexity index is 943. The Kier molecular flexibility index (Phi) is 4.71. The van der Waals surface area contributed by atoms with E-state index in [1.807, 2.05) is 6.92 Å². The number of rotatable bonds is 4. The summed E-state index contributed by atoms with van der Waals surface area (Å²) < 4.78 is 51.1. The molecular formula is C19H16F4N2O. The number of carbonyl (C=O) groups excluding carboxylic acids is 1. The van der Waals surface area contributed by atoms with Gasteiger partial charge in [-0.15, -0.1) is 0 Å². The van der Waals surface area contributed by atoms with Crippen molar-refractivity contribution in [3.8, 4) is 0 Å². The molecule has 2 N–H and O–H groups in total. The van der Waals surface area contributed by atoms with Gasteiger partial charge in [0.1, 0.15) is 5.82 Å². The number of aromatic amines is 1. The van der Waals surface area contributed by atoms with Crippen LogP contribution in [0.25, 0.3) is 10.9 Å². The van der Waals surface area contributed by atoms with Crippen LogP contribution in [0, 0.1) is 12.7 Å². The number of fused-ring (bicyclic) bond motifs is 1. The van der Waals surface area contributed by atoms with E-state index in [2.05, 4.69) is 10.3 Å². The molecule has 0 unspecified atom stereocenters. The summed E-state index contributed by atoms with van der Waals surface area (Å²) in [7, 11) is 0. The van der Waals surface area contributed by atoms with Crippen LogP contribution in [0.15, 0.2) is 42.5 Å². The number of halogens is 4. The molecule has 1 amide bonds. The summed E-state index contributed by atoms with van der Waals surface area (Å²) in [6, 6.07) is 8.50. The highest BCUT2D eigenvalue weighted by Crippen LogP contribution is 2.29. The summed E-state index contributed by atoms with van der Waals surface area (Å²) in [5.41, 5.74) is 1.94. The second kappa shape index (κ2) is 6.82. The number of H-pyrrole nitrogens is 1. The third kappa shape index (κ3) is 3.71. The van der Waals surface area contributed by atoms with Gasteiger partial charge in [0.25, 0.3) is 5.91 Å². The number of carbonyl (C=O) groups is 1. The zero-order chi connectivity index (χ0) is 18.9. The maximum atomic E-state index is 13.5. The average molecular weight is 364 g/mol. The number of aryl methyl sites for hydroxylation is 1. The van der Waals surface area contributed by atoms with Gasteiger partial charge < -0.3 is 10.3 Å². The van der Waals surface area contributed by atoms with Crippen molar-refractivity contribution in [3.63, 3.8) is 0 Å². The molecule has 0 aliphatic carbocycles. The van der Waals surface area contributed by atoms with Crippen molar-refractivity contribution < 1.29 is 22.4 Å². The molecule has 3 aromatic rings. The van der Waals surface area contributed by atoms with Gasteiger partial charge in [0.05, 0.1) is 5.56 Å². The molecule has 0 spiro atoms. The number of amides is 1. The molecule has 0 fully saturated rings. The predicted molar refractivity (Wildman–Crippen MR) is 90.5 cm³/mol. The fourth-order valence-corrected chi connectivity index (χ4v) is 2.89. The van der Waals surface area contributed by atoms with Gasteiger partial charge in [-0.25, -0.2) is 4.39 Å². The van der Waals surface area contributed by atoms with E-state index in [-0.39, 0.29) is 17.9 Å². The molecule has 0 aliphatic rings. The summed E-state index contributed by atoms with van der Waals surface area (Å²) in [6.07, 6.45) is -3.96. The van der Waals surface area contributed by atoms with E-state index in [0.29, 0.717) is 6.42 Å². The minimum absolute atomic E-state index is 0.152. The van der Waals surface area contributed by atoms with E-state index < -0.39 is 17.6 Å². The number of hydrogen-bond acceptors (Lipinski definition) is 1. The van der Waals surface area contributed by atoms with Crippen LogP contribution in [-0.2, 0) is 12.6 Å². The zero-order valence-electron chi connectivity index (χ0n) is 13.9. The molecule has 0 atom stereocenters. The van der Waals surface area contributed by atoms with Crippen molar-refractivity contribution in [3.05, 3.63) is 70.7 Å². The first-order chi connectivity index (χ1) is 12.3. The van der Waals surface area contributed by atoms with Crippen LogP contribution in [0.2, 0.25) is 0 Å². The fourth-order valence-electron chi connectivity index (χ4n) is 2.89. The van der Waals surface area contributed by atoms with Crippen LogP contribution in [0.5, 0.6) is 0 Å². The maximum Gasteiger partial charge on any atom is 0.416 e. The minimum atomic E-state index is -4.43. The smallest absolute Gasteiger partial charge is 0.358 e. The third-order valence-electron chi connectivity index (χ3n) is 4.22. The molecule has 0 bridgehead atoms. The van der Waals surface area contributed by atoms with Crippen LogP contribution >= 0.6 is 0 Å². The van der Waals surface area contributed by atoms with Gasteiger partial charge in [-0.1, -0.05) is 0 Å². The highest BCUT2D eigenvalue weighted by Gasteiger charge is 2.30. The molecule has 136 valence electrons. The number of aromatic nitrogens is 1. The summed E-state index contributed by atoms with van der Waals surface area (Å²) in [5, 5.41) is 3.43. The van der Waals surface area contributed by atoms with Crippen molar-refractivity contribution >= 4 is 16.8 Å². The van der Waals surface area contributed by atoms with Crippen molar-refractivity contribution in [2.45, 2.75) is 19.5 Å². The number of nitrogens with one attached hydrogen (secondary N) is 2. The quantitative estimate of drug-likeness (QED) is 0.653. The van der Waals surface area contributed by atoms with Gasteiger partial charge >= 0.3 is 6.18 Å². The number of benzene rings is 2. The summed E-state index contributed by atoms with van der Waals surface area (Å²) in [4.78, 5) is 15.2. The lowest BCUT2D eigenvalue weighted by Gasteiger charge is -2.08. The Morgan fingerprint density at radius 1 is 1.12 bits per heavy atom. The van der Waals surface area contributed by atoms with E-state index in [4.69, 9.17) is 0 Å². The lowest BCUT2D eigenvalue weighted by atomic mass is 10.1. The van der Waals surface area contributed by atoms with Crippen LogP contribution in [-0.4, -0.2) is 17.4 Å². The molecule has 1 heterocycles. The average Bonchev–Trinajstić information content (AvgIpc) is 2.89. The van der Waals surface area contributed by atoms with Crippen molar-refractivity contribution in [2.75, 3.05) is 6.54 Å².